The predicted molar refractivity (Wildman–Crippen MR) is 76.8 cm³/mol. The van der Waals surface area contributed by atoms with Crippen LogP contribution >= 0.6 is 15.9 Å². The molecule has 0 aromatic heterocycles. The van der Waals surface area contributed by atoms with Gasteiger partial charge in [-0.1, -0.05) is 28.1 Å². The Morgan fingerprint density at radius 3 is 2.78 bits per heavy atom. The van der Waals surface area contributed by atoms with Crippen LogP contribution in [0.1, 0.15) is 12.0 Å². The molecule has 1 N–H and O–H groups in total. The minimum absolute atomic E-state index is 0.305. The van der Waals surface area contributed by atoms with Crippen molar-refractivity contribution in [3.63, 3.8) is 0 Å². The van der Waals surface area contributed by atoms with Gasteiger partial charge < -0.3 is 5.32 Å². The summed E-state index contributed by atoms with van der Waals surface area (Å²) in [6.07, 6.45) is 1.67. The van der Waals surface area contributed by atoms with Crippen molar-refractivity contribution in [3.05, 3.63) is 34.3 Å². The number of benzene rings is 1. The van der Waals surface area contributed by atoms with Gasteiger partial charge in [0.2, 0.25) is 0 Å². The van der Waals surface area contributed by atoms with E-state index in [2.05, 4.69) is 26.1 Å². The van der Waals surface area contributed by atoms with Crippen LogP contribution in [0.25, 0.3) is 0 Å². The Kier molecular flexibility index (Phi) is 5.35. The van der Waals surface area contributed by atoms with E-state index in [4.69, 9.17) is 0 Å². The number of Topliss-reactive ketones (excluding diaryl/α,β-unsaturated/α-hetero) is 1. The lowest BCUT2D eigenvalue weighted by atomic mass is 10.1. The Bertz CT molecular complexity index is 383. The minimum atomic E-state index is 0.305. The van der Waals surface area contributed by atoms with Crippen molar-refractivity contribution in [2.45, 2.75) is 12.8 Å². The summed E-state index contributed by atoms with van der Waals surface area (Å²) in [5.41, 5.74) is 1.09. The molecule has 0 radical (unpaired) electrons. The highest BCUT2D eigenvalue weighted by atomic mass is 79.9. The maximum atomic E-state index is 12.0. The van der Waals surface area contributed by atoms with Crippen molar-refractivity contribution in [2.75, 3.05) is 32.7 Å². The summed E-state index contributed by atoms with van der Waals surface area (Å²) in [5.74, 6) is 0.305. The second-order valence-corrected chi connectivity index (χ2v) is 5.64. The number of ketones is 1. The highest BCUT2D eigenvalue weighted by Crippen LogP contribution is 2.11. The van der Waals surface area contributed by atoms with E-state index >= 15 is 0 Å². The summed E-state index contributed by atoms with van der Waals surface area (Å²) in [6, 6.07) is 7.98. The number of nitrogens with one attached hydrogen (secondary N) is 1. The summed E-state index contributed by atoms with van der Waals surface area (Å²) >= 11 is 3.40. The average Bonchev–Trinajstić information content (AvgIpc) is 2.61. The Hall–Kier alpha value is -0.710. The molecule has 3 nitrogen and oxygen atoms in total. The predicted octanol–water partition coefficient (Wildman–Crippen LogP) is 1.86. The Labute approximate surface area is 117 Å². The molecule has 4 heteroatoms. The number of carbonyl (C=O) groups excluding carboxylic acids is 1. The number of halogens is 1. The Morgan fingerprint density at radius 1 is 1.22 bits per heavy atom. The molecule has 1 heterocycles. The summed E-state index contributed by atoms with van der Waals surface area (Å²) in [6.45, 7) is 4.64. The van der Waals surface area contributed by atoms with E-state index in [0.29, 0.717) is 18.7 Å². The van der Waals surface area contributed by atoms with E-state index in [1.54, 1.807) is 0 Å². The molecule has 1 saturated heterocycles. The molecular weight excluding hydrogens is 292 g/mol. The van der Waals surface area contributed by atoms with Gasteiger partial charge in [0.05, 0.1) is 6.54 Å². The van der Waals surface area contributed by atoms with Crippen LogP contribution in [0.3, 0.4) is 0 Å². The van der Waals surface area contributed by atoms with Gasteiger partial charge in [-0.2, -0.15) is 0 Å². The van der Waals surface area contributed by atoms with Gasteiger partial charge in [0.25, 0.3) is 0 Å². The molecule has 0 bridgehead atoms. The van der Waals surface area contributed by atoms with Gasteiger partial charge in [-0.25, -0.2) is 0 Å². The molecule has 18 heavy (non-hydrogen) atoms. The number of nitrogens with zero attached hydrogens (tertiary/aromatic N) is 1. The second kappa shape index (κ2) is 7.02. The van der Waals surface area contributed by atoms with Crippen molar-refractivity contribution in [2.24, 2.45) is 0 Å². The zero-order valence-electron chi connectivity index (χ0n) is 10.5. The van der Waals surface area contributed by atoms with Gasteiger partial charge in [-0.3, -0.25) is 9.69 Å². The molecule has 1 aromatic carbocycles. The lowest BCUT2D eigenvalue weighted by molar-refractivity contribution is -0.119. The fourth-order valence-corrected chi connectivity index (χ4v) is 2.46. The van der Waals surface area contributed by atoms with Gasteiger partial charge in [-0.05, 0) is 37.2 Å². The number of hydrogen-bond acceptors (Lipinski definition) is 3. The first-order chi connectivity index (χ1) is 8.74. The first-order valence-corrected chi connectivity index (χ1v) is 7.22. The van der Waals surface area contributed by atoms with Crippen LogP contribution in [0.2, 0.25) is 0 Å². The van der Waals surface area contributed by atoms with Gasteiger partial charge in [0, 0.05) is 24.0 Å². The van der Waals surface area contributed by atoms with Crippen molar-refractivity contribution in [3.8, 4) is 0 Å². The van der Waals surface area contributed by atoms with Gasteiger partial charge in [0.1, 0.15) is 0 Å². The number of carbonyl (C=O) groups is 1. The van der Waals surface area contributed by atoms with E-state index in [0.717, 1.165) is 42.6 Å². The fraction of sp³-hybridized carbons (Fsp3) is 0.500. The molecule has 2 rings (SSSR count). The molecule has 0 amide bonds. The van der Waals surface area contributed by atoms with Crippen LogP contribution < -0.4 is 5.32 Å². The van der Waals surface area contributed by atoms with Gasteiger partial charge in [0.15, 0.2) is 5.78 Å². The standard InChI is InChI=1S/C14H19BrN2O/c15-13-4-2-12(3-5-13)10-14(18)11-17-8-1-6-16-7-9-17/h2-5,16H,1,6-11H2. The lowest BCUT2D eigenvalue weighted by Crippen LogP contribution is -2.33. The molecule has 0 saturated carbocycles. The van der Waals surface area contributed by atoms with E-state index in [1.807, 2.05) is 24.3 Å². The van der Waals surface area contributed by atoms with Crippen LogP contribution in [-0.2, 0) is 11.2 Å². The minimum Gasteiger partial charge on any atom is -0.315 e. The normalized spacial score (nSPS) is 17.4. The van der Waals surface area contributed by atoms with Crippen LogP contribution in [0.15, 0.2) is 28.7 Å². The molecule has 98 valence electrons. The summed E-state index contributed by atoms with van der Waals surface area (Å²) in [4.78, 5) is 14.3. The summed E-state index contributed by atoms with van der Waals surface area (Å²) in [7, 11) is 0. The highest BCUT2D eigenvalue weighted by Gasteiger charge is 2.12. The van der Waals surface area contributed by atoms with E-state index < -0.39 is 0 Å². The zero-order valence-corrected chi connectivity index (χ0v) is 12.1. The maximum absolute atomic E-state index is 12.0. The Morgan fingerprint density at radius 2 is 2.00 bits per heavy atom. The van der Waals surface area contributed by atoms with Crippen LogP contribution in [0.4, 0.5) is 0 Å². The van der Waals surface area contributed by atoms with Gasteiger partial charge >= 0.3 is 0 Å². The van der Waals surface area contributed by atoms with E-state index in [1.165, 1.54) is 0 Å². The summed E-state index contributed by atoms with van der Waals surface area (Å²) < 4.78 is 1.05. The van der Waals surface area contributed by atoms with E-state index in [-0.39, 0.29) is 0 Å². The van der Waals surface area contributed by atoms with Crippen molar-refractivity contribution in [1.29, 1.82) is 0 Å². The third-order valence-electron chi connectivity index (χ3n) is 3.15. The fourth-order valence-electron chi connectivity index (χ4n) is 2.19. The lowest BCUT2D eigenvalue weighted by Gasteiger charge is -2.18. The zero-order chi connectivity index (χ0) is 12.8. The first-order valence-electron chi connectivity index (χ1n) is 6.43. The summed E-state index contributed by atoms with van der Waals surface area (Å²) in [5, 5.41) is 3.35. The third-order valence-corrected chi connectivity index (χ3v) is 3.68. The molecule has 1 fully saturated rings. The second-order valence-electron chi connectivity index (χ2n) is 4.72. The molecule has 0 spiro atoms. The molecule has 0 atom stereocenters. The van der Waals surface area contributed by atoms with Crippen molar-refractivity contribution in [1.82, 2.24) is 10.2 Å². The van der Waals surface area contributed by atoms with Crippen LogP contribution in [0.5, 0.6) is 0 Å². The SMILES string of the molecule is O=C(Cc1ccc(Br)cc1)CN1CCCNCC1. The maximum Gasteiger partial charge on any atom is 0.151 e. The third kappa shape index (κ3) is 4.52. The first kappa shape index (κ1) is 13.7. The molecule has 1 aliphatic rings. The monoisotopic (exact) mass is 310 g/mol. The average molecular weight is 311 g/mol. The quantitative estimate of drug-likeness (QED) is 0.921. The smallest absolute Gasteiger partial charge is 0.151 e. The number of rotatable bonds is 4. The van der Waals surface area contributed by atoms with Gasteiger partial charge in [-0.15, -0.1) is 0 Å². The molecule has 1 aromatic rings. The van der Waals surface area contributed by atoms with Crippen molar-refractivity contribution < 1.29 is 4.79 Å². The van der Waals surface area contributed by atoms with Crippen LogP contribution in [0, 0.1) is 0 Å². The molecular formula is C14H19BrN2O. The van der Waals surface area contributed by atoms with Crippen molar-refractivity contribution >= 4 is 21.7 Å². The largest absolute Gasteiger partial charge is 0.315 e. The topological polar surface area (TPSA) is 32.3 Å². The number of hydrogen-bond donors (Lipinski definition) is 1. The Balaban J connectivity index is 1.82. The van der Waals surface area contributed by atoms with E-state index in [9.17, 15) is 4.79 Å². The highest BCUT2D eigenvalue weighted by molar-refractivity contribution is 9.10. The molecule has 0 aliphatic carbocycles. The molecule has 0 unspecified atom stereocenters. The molecule has 1 aliphatic heterocycles. The van der Waals surface area contributed by atoms with Crippen LogP contribution in [-0.4, -0.2) is 43.4 Å².